The van der Waals surface area contributed by atoms with E-state index in [2.05, 4.69) is 6.58 Å². The first kappa shape index (κ1) is 14.7. The van der Waals surface area contributed by atoms with Crippen molar-refractivity contribution in [3.63, 3.8) is 0 Å². The summed E-state index contributed by atoms with van der Waals surface area (Å²) < 4.78 is 9.86. The van der Waals surface area contributed by atoms with Gasteiger partial charge in [-0.25, -0.2) is 4.79 Å². The summed E-state index contributed by atoms with van der Waals surface area (Å²) in [6.45, 7) is 10.7. The molecule has 0 aliphatic heterocycles. The van der Waals surface area contributed by atoms with Crippen molar-refractivity contribution < 1.29 is 19.1 Å². The minimum absolute atomic E-state index is 0.136. The third-order valence-corrected chi connectivity index (χ3v) is 1.63. The molecule has 4 heteroatoms. The van der Waals surface area contributed by atoms with E-state index in [1.165, 1.54) is 0 Å². The maximum Gasteiger partial charge on any atom is 0.333 e. The molecule has 0 aromatic heterocycles. The van der Waals surface area contributed by atoms with Crippen LogP contribution in [-0.4, -0.2) is 24.1 Å². The van der Waals surface area contributed by atoms with E-state index in [0.717, 1.165) is 0 Å². The Balaban J connectivity index is 3.89. The Bertz CT molecular complexity index is 266. The van der Waals surface area contributed by atoms with Crippen molar-refractivity contribution >= 4 is 11.9 Å². The van der Waals surface area contributed by atoms with Gasteiger partial charge in [-0.1, -0.05) is 6.58 Å². The first-order chi connectivity index (χ1) is 7.32. The summed E-state index contributed by atoms with van der Waals surface area (Å²) in [4.78, 5) is 22.5. The quantitative estimate of drug-likeness (QED) is 0.516. The van der Waals surface area contributed by atoms with E-state index in [9.17, 15) is 9.59 Å². The second-order valence-corrected chi connectivity index (χ2v) is 4.10. The number of esters is 2. The lowest BCUT2D eigenvalue weighted by Gasteiger charge is -2.10. The largest absolute Gasteiger partial charge is 0.463 e. The van der Waals surface area contributed by atoms with Crippen LogP contribution in [0.1, 0.15) is 40.5 Å². The fourth-order valence-electron chi connectivity index (χ4n) is 0.974. The van der Waals surface area contributed by atoms with E-state index >= 15 is 0 Å². The molecular formula is C12H20O4. The van der Waals surface area contributed by atoms with Crippen LogP contribution >= 0.6 is 0 Å². The molecule has 0 spiro atoms. The van der Waals surface area contributed by atoms with Gasteiger partial charge in [-0.05, 0) is 34.1 Å². The van der Waals surface area contributed by atoms with Crippen LogP contribution in [0.25, 0.3) is 0 Å². The SMILES string of the molecule is C=C(CCC(=O)OC(C)C)C(=O)OC(C)C. The maximum absolute atomic E-state index is 11.3. The van der Waals surface area contributed by atoms with Crippen molar-refractivity contribution in [3.8, 4) is 0 Å². The predicted molar refractivity (Wildman–Crippen MR) is 60.8 cm³/mol. The molecule has 4 nitrogen and oxygen atoms in total. The molecule has 0 amide bonds. The van der Waals surface area contributed by atoms with Crippen LogP contribution in [0.2, 0.25) is 0 Å². The number of ether oxygens (including phenoxy) is 2. The molecule has 0 aliphatic carbocycles. The van der Waals surface area contributed by atoms with Crippen LogP contribution in [0.4, 0.5) is 0 Å². The highest BCUT2D eigenvalue weighted by molar-refractivity contribution is 5.88. The summed E-state index contributed by atoms with van der Waals surface area (Å²) in [7, 11) is 0. The van der Waals surface area contributed by atoms with Crippen molar-refractivity contribution in [2.45, 2.75) is 52.7 Å². The van der Waals surface area contributed by atoms with E-state index in [4.69, 9.17) is 9.47 Å². The second kappa shape index (κ2) is 7.04. The lowest BCUT2D eigenvalue weighted by molar-refractivity contribution is -0.147. The topological polar surface area (TPSA) is 52.6 Å². The third-order valence-electron chi connectivity index (χ3n) is 1.63. The lowest BCUT2D eigenvalue weighted by atomic mass is 10.1. The smallest absolute Gasteiger partial charge is 0.333 e. The molecule has 0 N–H and O–H groups in total. The standard InChI is InChI=1S/C12H20O4/c1-8(2)15-11(13)7-6-10(5)12(14)16-9(3)4/h8-9H,5-7H2,1-4H3. The van der Waals surface area contributed by atoms with E-state index in [1.54, 1.807) is 27.7 Å². The molecule has 0 rings (SSSR count). The van der Waals surface area contributed by atoms with Gasteiger partial charge in [-0.15, -0.1) is 0 Å². The van der Waals surface area contributed by atoms with Gasteiger partial charge in [0.05, 0.1) is 12.2 Å². The molecule has 0 aliphatic rings. The van der Waals surface area contributed by atoms with Gasteiger partial charge in [-0.3, -0.25) is 4.79 Å². The first-order valence-electron chi connectivity index (χ1n) is 5.41. The highest BCUT2D eigenvalue weighted by Gasteiger charge is 2.13. The Morgan fingerprint density at radius 1 is 1.00 bits per heavy atom. The summed E-state index contributed by atoms with van der Waals surface area (Å²) in [5, 5.41) is 0. The van der Waals surface area contributed by atoms with Crippen LogP contribution in [-0.2, 0) is 19.1 Å². The summed E-state index contributed by atoms with van der Waals surface area (Å²) >= 11 is 0. The highest BCUT2D eigenvalue weighted by atomic mass is 16.5. The fraction of sp³-hybridized carbons (Fsp3) is 0.667. The average Bonchev–Trinajstić information content (AvgIpc) is 2.11. The molecule has 16 heavy (non-hydrogen) atoms. The minimum Gasteiger partial charge on any atom is -0.463 e. The molecule has 92 valence electrons. The van der Waals surface area contributed by atoms with E-state index in [-0.39, 0.29) is 31.0 Å². The Morgan fingerprint density at radius 2 is 1.50 bits per heavy atom. The lowest BCUT2D eigenvalue weighted by Crippen LogP contribution is -2.15. The van der Waals surface area contributed by atoms with Crippen LogP contribution in [0.3, 0.4) is 0 Å². The Labute approximate surface area is 96.6 Å². The molecule has 0 atom stereocenters. The highest BCUT2D eigenvalue weighted by Crippen LogP contribution is 2.08. The third kappa shape index (κ3) is 7.04. The Hall–Kier alpha value is -1.32. The number of carbonyl (C=O) groups excluding carboxylic acids is 2. The molecular weight excluding hydrogens is 208 g/mol. The van der Waals surface area contributed by atoms with Crippen LogP contribution < -0.4 is 0 Å². The zero-order valence-electron chi connectivity index (χ0n) is 10.4. The van der Waals surface area contributed by atoms with Gasteiger partial charge >= 0.3 is 11.9 Å². The van der Waals surface area contributed by atoms with Crippen molar-refractivity contribution in [2.75, 3.05) is 0 Å². The van der Waals surface area contributed by atoms with Crippen LogP contribution in [0.15, 0.2) is 12.2 Å². The normalized spacial score (nSPS) is 10.4. The average molecular weight is 228 g/mol. The summed E-state index contributed by atoms with van der Waals surface area (Å²) in [5.74, 6) is -0.777. The van der Waals surface area contributed by atoms with Crippen LogP contribution in [0, 0.1) is 0 Å². The Morgan fingerprint density at radius 3 is 1.94 bits per heavy atom. The number of carbonyl (C=O) groups is 2. The maximum atomic E-state index is 11.3. The predicted octanol–water partition coefficient (Wildman–Crippen LogP) is 2.23. The molecule has 0 bridgehead atoms. The van der Waals surface area contributed by atoms with Crippen molar-refractivity contribution in [1.82, 2.24) is 0 Å². The number of hydrogen-bond acceptors (Lipinski definition) is 4. The molecule has 0 fully saturated rings. The van der Waals surface area contributed by atoms with Crippen molar-refractivity contribution in [3.05, 3.63) is 12.2 Å². The number of hydrogen-bond donors (Lipinski definition) is 0. The summed E-state index contributed by atoms with van der Waals surface area (Å²) in [6.07, 6.45) is 0.122. The van der Waals surface area contributed by atoms with Gasteiger partial charge < -0.3 is 9.47 Å². The zero-order valence-corrected chi connectivity index (χ0v) is 10.4. The van der Waals surface area contributed by atoms with Gasteiger partial charge in [0.2, 0.25) is 0 Å². The summed E-state index contributed by atoms with van der Waals surface area (Å²) in [5.41, 5.74) is 0.300. The molecule has 0 aromatic carbocycles. The molecule has 0 saturated carbocycles. The van der Waals surface area contributed by atoms with Gasteiger partial charge in [-0.2, -0.15) is 0 Å². The monoisotopic (exact) mass is 228 g/mol. The molecule has 0 saturated heterocycles. The molecule has 0 unspecified atom stereocenters. The van der Waals surface area contributed by atoms with E-state index in [0.29, 0.717) is 5.57 Å². The number of rotatable bonds is 6. The fourth-order valence-corrected chi connectivity index (χ4v) is 0.974. The molecule has 0 heterocycles. The van der Waals surface area contributed by atoms with Gasteiger partial charge in [0, 0.05) is 12.0 Å². The summed E-state index contributed by atoms with van der Waals surface area (Å²) in [6, 6.07) is 0. The van der Waals surface area contributed by atoms with Gasteiger partial charge in [0.25, 0.3) is 0 Å². The second-order valence-electron chi connectivity index (χ2n) is 4.10. The Kier molecular flexibility index (Phi) is 6.46. The van der Waals surface area contributed by atoms with Crippen molar-refractivity contribution in [1.29, 1.82) is 0 Å². The van der Waals surface area contributed by atoms with Gasteiger partial charge in [0.1, 0.15) is 0 Å². The van der Waals surface area contributed by atoms with E-state index in [1.807, 2.05) is 0 Å². The molecule has 0 radical (unpaired) electrons. The minimum atomic E-state index is -0.452. The van der Waals surface area contributed by atoms with Crippen molar-refractivity contribution in [2.24, 2.45) is 0 Å². The van der Waals surface area contributed by atoms with Crippen LogP contribution in [0.5, 0.6) is 0 Å². The molecule has 0 aromatic rings. The first-order valence-corrected chi connectivity index (χ1v) is 5.41. The zero-order chi connectivity index (χ0) is 12.7. The van der Waals surface area contributed by atoms with Gasteiger partial charge in [0.15, 0.2) is 0 Å². The van der Waals surface area contributed by atoms with E-state index < -0.39 is 5.97 Å².